The Balaban J connectivity index is 0.000000221. The summed E-state index contributed by atoms with van der Waals surface area (Å²) in [5, 5.41) is 0. The van der Waals surface area contributed by atoms with E-state index in [4.69, 9.17) is 9.47 Å². The first kappa shape index (κ1) is 43.4. The molecule has 20 heteroatoms. The average Bonchev–Trinajstić information content (AvgIpc) is 3.73. The number of fused-ring (bicyclic) bond motifs is 2. The number of halogens is 6. The van der Waals surface area contributed by atoms with E-state index in [1.165, 1.54) is 69.1 Å². The van der Waals surface area contributed by atoms with Crippen LogP contribution in [0.5, 0.6) is 11.5 Å². The summed E-state index contributed by atoms with van der Waals surface area (Å²) in [4.78, 5) is 56.2. The van der Waals surface area contributed by atoms with Crippen LogP contribution in [0.1, 0.15) is 52.6 Å². The van der Waals surface area contributed by atoms with Gasteiger partial charge in [-0.2, -0.15) is 26.3 Å². The zero-order valence-electron chi connectivity index (χ0n) is 31.5. The van der Waals surface area contributed by atoms with Crippen molar-refractivity contribution < 1.29 is 63.4 Å². The molecule has 0 N–H and O–H groups in total. The molecule has 2 aliphatic heterocycles. The van der Waals surface area contributed by atoms with Gasteiger partial charge in [0.2, 0.25) is 0 Å². The van der Waals surface area contributed by atoms with E-state index < -0.39 is 85.4 Å². The van der Waals surface area contributed by atoms with Gasteiger partial charge in [0.1, 0.15) is 17.4 Å². The molecule has 6 rings (SSSR count). The number of ether oxygens (including phenoxy) is 2. The Bertz CT molecular complexity index is 2420. The maximum atomic E-state index is 13.6. The summed E-state index contributed by atoms with van der Waals surface area (Å²) in [5.41, 5.74) is -3.27. The fourth-order valence-corrected chi connectivity index (χ4v) is 8.61. The Morgan fingerprint density at radius 3 is 1.53 bits per heavy atom. The molecule has 0 bridgehead atoms. The lowest BCUT2D eigenvalue weighted by atomic mass is 10.0. The van der Waals surface area contributed by atoms with E-state index in [-0.39, 0.29) is 27.6 Å². The largest absolute Gasteiger partial charge is 0.495 e. The number of hydrogen-bond donors (Lipinski definition) is 0. The molecule has 0 saturated heterocycles. The number of methoxy groups -OCH3 is 2. The first-order chi connectivity index (χ1) is 27.0. The quantitative estimate of drug-likeness (QED) is 0.189. The van der Waals surface area contributed by atoms with Crippen LogP contribution in [0, 0.1) is 0 Å². The lowest BCUT2D eigenvalue weighted by Gasteiger charge is -2.21. The van der Waals surface area contributed by atoms with Crippen molar-refractivity contribution in [1.82, 2.24) is 9.80 Å². The van der Waals surface area contributed by atoms with E-state index in [0.29, 0.717) is 11.8 Å². The minimum atomic E-state index is -4.92. The van der Waals surface area contributed by atoms with Crippen LogP contribution in [0.2, 0.25) is 0 Å². The maximum absolute atomic E-state index is 13.6. The normalized spacial score (nSPS) is 14.1. The van der Waals surface area contributed by atoms with Crippen LogP contribution in [-0.2, 0) is 22.2 Å². The first-order valence-electron chi connectivity index (χ1n) is 16.7. The number of amides is 4. The van der Waals surface area contributed by atoms with Crippen LogP contribution in [0.25, 0.3) is 0 Å². The van der Waals surface area contributed by atoms with Crippen molar-refractivity contribution in [3.05, 3.63) is 106 Å². The number of carbonyl (C=O) groups excluding carboxylic acids is 4. The molecule has 2 heterocycles. The second kappa shape index (κ2) is 16.2. The Hall–Kier alpha value is -5.76. The summed E-state index contributed by atoms with van der Waals surface area (Å²) in [6.07, 6.45) is -9.71. The third-order valence-corrected chi connectivity index (χ3v) is 11.4. The molecular formula is C38H34F6N4O8S2. The molecule has 58 heavy (non-hydrogen) atoms. The molecule has 0 aliphatic carbocycles. The third-order valence-electron chi connectivity index (χ3n) is 8.75. The van der Waals surface area contributed by atoms with Gasteiger partial charge in [0.15, 0.2) is 9.84 Å². The highest BCUT2D eigenvalue weighted by molar-refractivity contribution is 8.00. The molecule has 0 radical (unpaired) electrons. The van der Waals surface area contributed by atoms with Crippen LogP contribution in [-0.4, -0.2) is 96.0 Å². The fraction of sp³-hybridized carbons (Fsp3) is 0.263. The van der Waals surface area contributed by atoms with Gasteiger partial charge in [-0.1, -0.05) is 24.3 Å². The Morgan fingerprint density at radius 1 is 0.655 bits per heavy atom. The van der Waals surface area contributed by atoms with Gasteiger partial charge >= 0.3 is 12.4 Å². The van der Waals surface area contributed by atoms with Crippen molar-refractivity contribution in [3.8, 4) is 11.5 Å². The Morgan fingerprint density at radius 2 is 1.09 bits per heavy atom. The second-order valence-electron chi connectivity index (χ2n) is 13.0. The van der Waals surface area contributed by atoms with E-state index in [1.54, 1.807) is 12.1 Å². The number of hydrogen-bond acceptors (Lipinski definition) is 9. The Kier molecular flexibility index (Phi) is 12.1. The minimum absolute atomic E-state index is 0.0624. The summed E-state index contributed by atoms with van der Waals surface area (Å²) >= 11 is 1.41. The SMILES string of the molecule is COc1c(C(=O)N(C)C)cc(C(=O)N2CS(=O)(=O)c3ccccc32)cc1C(F)(F)F.COc1c(C(=O)N(C)C)cc(C(=O)N2CSc3ccccc32)cc1C(F)(F)F. The monoisotopic (exact) mass is 852 g/mol. The number of nitrogens with zero attached hydrogens (tertiary/aromatic N) is 4. The number of benzene rings is 4. The molecule has 12 nitrogen and oxygen atoms in total. The van der Waals surface area contributed by atoms with Crippen LogP contribution in [0.15, 0.2) is 82.6 Å². The molecule has 2 aliphatic rings. The standard InChI is InChI=1S/C19H17F3N2O5S.C19H17F3N2O3S/c1-23(2)18(26)12-8-11(9-13(16(12)29-3)19(20,21)22)17(25)24-10-30(27,28)15-7-5-4-6-14(15)24;1-23(2)18(26)12-8-11(9-13(16(12)27-3)19(20,21)22)17(25)24-10-28-15-7-5-4-6-14(15)24/h4-9H,10H2,1-3H3;4-9H,10H2,1-3H3. The molecule has 4 amide bonds. The molecule has 0 unspecified atom stereocenters. The molecule has 308 valence electrons. The van der Waals surface area contributed by atoms with Crippen LogP contribution < -0.4 is 19.3 Å². The number of sulfone groups is 1. The molecule has 0 atom stereocenters. The summed E-state index contributed by atoms with van der Waals surface area (Å²) in [6, 6.07) is 16.3. The van der Waals surface area contributed by atoms with Crippen molar-refractivity contribution in [3.63, 3.8) is 0 Å². The van der Waals surface area contributed by atoms with Crippen molar-refractivity contribution in [2.75, 3.05) is 64.0 Å². The zero-order valence-corrected chi connectivity index (χ0v) is 33.1. The van der Waals surface area contributed by atoms with Crippen LogP contribution >= 0.6 is 11.8 Å². The number of para-hydroxylation sites is 2. The molecule has 0 spiro atoms. The number of alkyl halides is 6. The molecule has 0 aromatic heterocycles. The molecule has 4 aromatic carbocycles. The van der Waals surface area contributed by atoms with Gasteiger partial charge in [-0.3, -0.25) is 29.0 Å². The van der Waals surface area contributed by atoms with E-state index in [2.05, 4.69) is 0 Å². The van der Waals surface area contributed by atoms with Crippen molar-refractivity contribution in [2.45, 2.75) is 22.1 Å². The number of thioether (sulfide) groups is 1. The first-order valence-corrected chi connectivity index (χ1v) is 19.4. The molecule has 0 saturated carbocycles. The van der Waals surface area contributed by atoms with Crippen molar-refractivity contribution in [1.29, 1.82) is 0 Å². The van der Waals surface area contributed by atoms with Gasteiger partial charge in [0.05, 0.1) is 58.6 Å². The van der Waals surface area contributed by atoms with E-state index in [1.807, 2.05) is 12.1 Å². The highest BCUT2D eigenvalue weighted by Crippen LogP contribution is 2.43. The zero-order chi connectivity index (χ0) is 43.1. The van der Waals surface area contributed by atoms with Crippen LogP contribution in [0.4, 0.5) is 37.7 Å². The van der Waals surface area contributed by atoms with Gasteiger partial charge in [-0.25, -0.2) is 8.42 Å². The van der Waals surface area contributed by atoms with Gasteiger partial charge < -0.3 is 19.3 Å². The number of anilines is 2. The van der Waals surface area contributed by atoms with E-state index in [9.17, 15) is 53.9 Å². The lowest BCUT2D eigenvalue weighted by Crippen LogP contribution is -2.31. The highest BCUT2D eigenvalue weighted by atomic mass is 32.2. The smallest absolute Gasteiger partial charge is 0.420 e. The summed E-state index contributed by atoms with van der Waals surface area (Å²) in [6.45, 7) is 0. The van der Waals surface area contributed by atoms with Crippen molar-refractivity contribution in [2.24, 2.45) is 0 Å². The Labute approximate surface area is 332 Å². The predicted molar refractivity (Wildman–Crippen MR) is 201 cm³/mol. The van der Waals surface area contributed by atoms with Gasteiger partial charge in [0, 0.05) is 44.2 Å². The highest BCUT2D eigenvalue weighted by Gasteiger charge is 2.41. The fourth-order valence-electron chi connectivity index (χ4n) is 6.07. The number of carbonyl (C=O) groups is 4. The van der Waals surface area contributed by atoms with E-state index in [0.717, 1.165) is 52.0 Å². The molecule has 0 fully saturated rings. The predicted octanol–water partition coefficient (Wildman–Crippen LogP) is 6.93. The topological polar surface area (TPSA) is 134 Å². The summed E-state index contributed by atoms with van der Waals surface area (Å²) in [5.74, 6) is -4.83. The summed E-state index contributed by atoms with van der Waals surface area (Å²) < 4.78 is 116. The van der Waals surface area contributed by atoms with Gasteiger partial charge in [-0.15, -0.1) is 11.8 Å². The van der Waals surface area contributed by atoms with Crippen molar-refractivity contribution >= 4 is 56.6 Å². The van der Waals surface area contributed by atoms with Gasteiger partial charge in [0.25, 0.3) is 23.6 Å². The molecule has 4 aromatic rings. The van der Waals surface area contributed by atoms with E-state index >= 15 is 0 Å². The van der Waals surface area contributed by atoms with Crippen LogP contribution in [0.3, 0.4) is 0 Å². The summed E-state index contributed by atoms with van der Waals surface area (Å²) in [7, 11) is 3.74. The average molecular weight is 853 g/mol. The number of rotatable bonds is 6. The van der Waals surface area contributed by atoms with Gasteiger partial charge in [-0.05, 0) is 48.5 Å². The third kappa shape index (κ3) is 8.43. The lowest BCUT2D eigenvalue weighted by molar-refractivity contribution is -0.139. The minimum Gasteiger partial charge on any atom is -0.495 e. The molecular weight excluding hydrogens is 819 g/mol. The second-order valence-corrected chi connectivity index (χ2v) is 15.9. The maximum Gasteiger partial charge on any atom is 0.420 e.